The molecule has 62 heavy (non-hydrogen) atoms. The minimum atomic E-state index is 0.345. The molecule has 2 heterocycles. The van der Waals surface area contributed by atoms with E-state index < -0.39 is 0 Å². The third-order valence-corrected chi connectivity index (χ3v) is 16.0. The summed E-state index contributed by atoms with van der Waals surface area (Å²) in [5, 5.41) is 1.76. The van der Waals surface area contributed by atoms with Crippen molar-refractivity contribution in [2.45, 2.75) is 157 Å². The van der Waals surface area contributed by atoms with Crippen LogP contribution < -0.4 is 9.80 Å². The molecule has 2 atom stereocenters. The molecule has 0 fully saturated rings. The number of anilines is 2. The number of allylic oxidation sites excluding steroid dienone is 6. The van der Waals surface area contributed by atoms with Gasteiger partial charge in [-0.3, -0.25) is 0 Å². The molecule has 4 aromatic rings. The van der Waals surface area contributed by atoms with E-state index in [1.54, 1.807) is 5.57 Å². The van der Waals surface area contributed by atoms with Gasteiger partial charge in [-0.2, -0.15) is 0 Å². The molecule has 0 radical (unpaired) electrons. The van der Waals surface area contributed by atoms with Crippen molar-refractivity contribution in [3.63, 3.8) is 0 Å². The quantitative estimate of drug-likeness (QED) is 0.0726. The molecule has 2 aliphatic carbocycles. The van der Waals surface area contributed by atoms with E-state index in [4.69, 9.17) is 0 Å². The first kappa shape index (κ1) is 44.7. The highest BCUT2D eigenvalue weighted by molar-refractivity contribution is 8.03. The lowest BCUT2D eigenvalue weighted by Gasteiger charge is -2.30. The maximum absolute atomic E-state index is 2.73. The average molecular weight is 861 g/mol. The fourth-order valence-corrected chi connectivity index (χ4v) is 12.6. The van der Waals surface area contributed by atoms with Gasteiger partial charge in [0, 0.05) is 22.9 Å². The summed E-state index contributed by atoms with van der Waals surface area (Å²) in [5.41, 5.74) is 12.6. The van der Waals surface area contributed by atoms with Crippen molar-refractivity contribution in [3.8, 4) is 22.3 Å². The molecule has 8 rings (SSSR count). The Balaban J connectivity index is 0.993. The van der Waals surface area contributed by atoms with Gasteiger partial charge in [-0.25, -0.2) is 0 Å². The Morgan fingerprint density at radius 1 is 0.548 bits per heavy atom. The van der Waals surface area contributed by atoms with Crippen molar-refractivity contribution >= 4 is 34.9 Å². The van der Waals surface area contributed by atoms with Gasteiger partial charge in [0.05, 0.1) is 21.8 Å². The van der Waals surface area contributed by atoms with Gasteiger partial charge in [0.1, 0.15) is 0 Å². The SMILES string of the molecule is CCCCCCCCCCN1C(=CC2=CC3=CC(=CC4Sc5cc(-c6ccccc6)ccc5N4CCCCCCCCCC)CCC3CC2)Sc2cc(-c3ccccc3)ccc21. The number of hydrogen-bond acceptors (Lipinski definition) is 4. The summed E-state index contributed by atoms with van der Waals surface area (Å²) in [5.74, 6) is 0.680. The third-order valence-electron chi connectivity index (χ3n) is 13.7. The van der Waals surface area contributed by atoms with Crippen LogP contribution in [0.3, 0.4) is 0 Å². The van der Waals surface area contributed by atoms with E-state index in [1.165, 1.54) is 188 Å². The van der Waals surface area contributed by atoms with Gasteiger partial charge in [-0.15, -0.1) is 0 Å². The van der Waals surface area contributed by atoms with Crippen molar-refractivity contribution in [3.05, 3.63) is 143 Å². The lowest BCUT2D eigenvalue weighted by atomic mass is 9.77. The largest absolute Gasteiger partial charge is 0.355 e. The summed E-state index contributed by atoms with van der Waals surface area (Å²) in [6.45, 7) is 6.85. The molecular formula is C58H72N2S2. The minimum Gasteiger partial charge on any atom is -0.355 e. The number of hydrogen-bond donors (Lipinski definition) is 0. The summed E-state index contributed by atoms with van der Waals surface area (Å²) in [6.07, 6.45) is 36.9. The number of nitrogens with zero attached hydrogens (tertiary/aromatic N) is 2. The topological polar surface area (TPSA) is 6.48 Å². The van der Waals surface area contributed by atoms with Crippen molar-refractivity contribution in [2.75, 3.05) is 22.9 Å². The van der Waals surface area contributed by atoms with Gasteiger partial charge in [0.2, 0.25) is 0 Å². The number of benzene rings is 4. The molecule has 326 valence electrons. The van der Waals surface area contributed by atoms with Crippen LogP contribution >= 0.6 is 23.5 Å². The van der Waals surface area contributed by atoms with Crippen LogP contribution in [0, 0.1) is 5.92 Å². The molecule has 4 heteroatoms. The zero-order chi connectivity index (χ0) is 42.4. The van der Waals surface area contributed by atoms with E-state index in [1.807, 2.05) is 11.8 Å². The first-order valence-corrected chi connectivity index (χ1v) is 26.5. The molecular weight excluding hydrogens is 789 g/mol. The molecule has 0 N–H and O–H groups in total. The molecule has 0 spiro atoms. The van der Waals surface area contributed by atoms with Crippen molar-refractivity contribution < 1.29 is 0 Å². The highest BCUT2D eigenvalue weighted by atomic mass is 32.2. The van der Waals surface area contributed by atoms with Crippen LogP contribution in [0.15, 0.2) is 153 Å². The highest BCUT2D eigenvalue weighted by Gasteiger charge is 2.31. The second-order valence-electron chi connectivity index (χ2n) is 18.4. The molecule has 2 aliphatic heterocycles. The van der Waals surface area contributed by atoms with E-state index in [-0.39, 0.29) is 0 Å². The molecule has 0 saturated carbocycles. The summed E-state index contributed by atoms with van der Waals surface area (Å²) < 4.78 is 0. The maximum Gasteiger partial charge on any atom is 0.0988 e. The van der Waals surface area contributed by atoms with Gasteiger partial charge in [-0.1, -0.05) is 212 Å². The molecule has 0 amide bonds. The number of rotatable bonds is 22. The standard InChI is InChI=1S/C58H72N2S2/c1-3-5-7-9-11-13-15-23-37-59-53-35-33-50(47-25-19-17-20-26-47)43-55(53)61-57(59)41-45-29-31-49-32-30-46(40-52(49)39-45)42-58-60(38-24-16-14-12-10-8-6-4-2)54-36-34-51(44-56(54)62-58)48-27-21-18-22-28-48/h17-22,25-28,33-36,39-44,49,57H,3-16,23-24,29-32,37-38H2,1-2H3. The Morgan fingerprint density at radius 2 is 1.11 bits per heavy atom. The van der Waals surface area contributed by atoms with Gasteiger partial charge in [0.25, 0.3) is 0 Å². The predicted molar refractivity (Wildman–Crippen MR) is 273 cm³/mol. The number of unbranched alkanes of at least 4 members (excludes halogenated alkanes) is 14. The smallest absolute Gasteiger partial charge is 0.0988 e. The van der Waals surface area contributed by atoms with Crippen LogP contribution in [0.2, 0.25) is 0 Å². The average Bonchev–Trinajstić information content (AvgIpc) is 3.83. The Hall–Kier alpha value is -3.86. The van der Waals surface area contributed by atoms with Crippen LogP contribution in [0.5, 0.6) is 0 Å². The molecule has 4 aromatic carbocycles. The van der Waals surface area contributed by atoms with E-state index in [0.717, 1.165) is 13.1 Å². The van der Waals surface area contributed by atoms with E-state index >= 15 is 0 Å². The highest BCUT2D eigenvalue weighted by Crippen LogP contribution is 2.50. The Morgan fingerprint density at radius 3 is 1.76 bits per heavy atom. The monoisotopic (exact) mass is 861 g/mol. The molecule has 4 aliphatic rings. The number of thioether (sulfide) groups is 2. The van der Waals surface area contributed by atoms with E-state index in [0.29, 0.717) is 11.3 Å². The van der Waals surface area contributed by atoms with E-state index in [2.05, 4.69) is 157 Å². The normalized spacial score (nSPS) is 19.5. The summed E-state index contributed by atoms with van der Waals surface area (Å²) in [6, 6.07) is 36.2. The van der Waals surface area contributed by atoms with Gasteiger partial charge in [0.15, 0.2) is 0 Å². The Kier molecular flexibility index (Phi) is 16.7. The summed E-state index contributed by atoms with van der Waals surface area (Å²) >= 11 is 4.06. The second-order valence-corrected chi connectivity index (χ2v) is 20.6. The molecule has 0 aromatic heterocycles. The zero-order valence-corrected chi connectivity index (χ0v) is 39.6. The zero-order valence-electron chi connectivity index (χ0n) is 38.0. The van der Waals surface area contributed by atoms with Crippen LogP contribution in [-0.4, -0.2) is 18.5 Å². The predicted octanol–water partition coefficient (Wildman–Crippen LogP) is 18.0. The fraction of sp³-hybridized carbons (Fsp3) is 0.448. The second kappa shape index (κ2) is 23.2. The lowest BCUT2D eigenvalue weighted by Crippen LogP contribution is -2.29. The first-order chi connectivity index (χ1) is 30.7. The van der Waals surface area contributed by atoms with Crippen molar-refractivity contribution in [1.82, 2.24) is 0 Å². The lowest BCUT2D eigenvalue weighted by molar-refractivity contribution is 0.501. The van der Waals surface area contributed by atoms with Crippen LogP contribution in [-0.2, 0) is 0 Å². The van der Waals surface area contributed by atoms with Crippen LogP contribution in [0.1, 0.15) is 142 Å². The Labute approximate surface area is 384 Å². The third kappa shape index (κ3) is 11.8. The molecule has 2 nitrogen and oxygen atoms in total. The van der Waals surface area contributed by atoms with Crippen molar-refractivity contribution in [1.29, 1.82) is 0 Å². The minimum absolute atomic E-state index is 0.345. The van der Waals surface area contributed by atoms with Gasteiger partial charge in [-0.05, 0) is 120 Å². The molecule has 0 bridgehead atoms. The summed E-state index contributed by atoms with van der Waals surface area (Å²) in [4.78, 5) is 8.22. The maximum atomic E-state index is 2.73. The first-order valence-electron chi connectivity index (χ1n) is 24.8. The van der Waals surface area contributed by atoms with Crippen LogP contribution in [0.25, 0.3) is 22.3 Å². The van der Waals surface area contributed by atoms with Crippen LogP contribution in [0.4, 0.5) is 11.4 Å². The van der Waals surface area contributed by atoms with E-state index in [9.17, 15) is 0 Å². The Bertz CT molecular complexity index is 2160. The van der Waals surface area contributed by atoms with Gasteiger partial charge < -0.3 is 9.80 Å². The molecule has 0 saturated heterocycles. The molecule has 2 unspecified atom stereocenters. The number of fused-ring (bicyclic) bond motifs is 3. The fourth-order valence-electron chi connectivity index (χ4n) is 10.0. The van der Waals surface area contributed by atoms with Gasteiger partial charge >= 0.3 is 0 Å². The van der Waals surface area contributed by atoms with Crippen molar-refractivity contribution in [2.24, 2.45) is 5.92 Å². The summed E-state index contributed by atoms with van der Waals surface area (Å²) in [7, 11) is 0.